The number of hydrogen-bond acceptors (Lipinski definition) is 2. The molecule has 0 atom stereocenters. The van der Waals surface area contributed by atoms with E-state index in [4.69, 9.17) is 5.73 Å². The van der Waals surface area contributed by atoms with Crippen molar-refractivity contribution in [2.45, 2.75) is 6.92 Å². The molecule has 0 saturated heterocycles. The van der Waals surface area contributed by atoms with Crippen molar-refractivity contribution in [1.29, 1.82) is 0 Å². The third kappa shape index (κ3) is 2.33. The van der Waals surface area contributed by atoms with Crippen molar-refractivity contribution >= 4 is 27.5 Å². The Bertz CT molecular complexity index is 328. The predicted octanol–water partition coefficient (Wildman–Crippen LogP) is 1.76. The summed E-state index contributed by atoms with van der Waals surface area (Å²) in [5.74, 6) is -0.0700. The molecule has 0 bridgehead atoms. The minimum Gasteiger partial charge on any atom is -0.322 e. The zero-order chi connectivity index (χ0) is 10.6. The smallest absolute Gasteiger partial charge is 0.240 e. The molecule has 0 unspecified atom stereocenters. The standard InChI is InChI=1S/C10H13BrN2O/c1-2-13(10(14)7-12)9-6-4-3-5-8(9)11/h3-6H,2,7,12H2,1H3. The Morgan fingerprint density at radius 3 is 2.64 bits per heavy atom. The highest BCUT2D eigenvalue weighted by Gasteiger charge is 2.13. The third-order valence-electron chi connectivity index (χ3n) is 1.94. The molecule has 0 radical (unpaired) electrons. The molecule has 0 aliphatic heterocycles. The molecular weight excluding hydrogens is 244 g/mol. The molecule has 0 aromatic heterocycles. The maximum absolute atomic E-state index is 11.5. The Labute approximate surface area is 92.0 Å². The van der Waals surface area contributed by atoms with Crippen LogP contribution in [-0.2, 0) is 4.79 Å². The van der Waals surface area contributed by atoms with Crippen LogP contribution in [0.25, 0.3) is 0 Å². The molecule has 14 heavy (non-hydrogen) atoms. The van der Waals surface area contributed by atoms with Crippen LogP contribution in [-0.4, -0.2) is 19.0 Å². The van der Waals surface area contributed by atoms with Crippen LogP contribution in [0.3, 0.4) is 0 Å². The number of halogens is 1. The van der Waals surface area contributed by atoms with Crippen LogP contribution in [0.1, 0.15) is 6.92 Å². The quantitative estimate of drug-likeness (QED) is 0.896. The second-order valence-electron chi connectivity index (χ2n) is 2.79. The highest BCUT2D eigenvalue weighted by atomic mass is 79.9. The number of hydrogen-bond donors (Lipinski definition) is 1. The van der Waals surface area contributed by atoms with E-state index in [1.165, 1.54) is 0 Å². The summed E-state index contributed by atoms with van der Waals surface area (Å²) < 4.78 is 0.906. The van der Waals surface area contributed by atoms with Crippen LogP contribution in [0.4, 0.5) is 5.69 Å². The van der Waals surface area contributed by atoms with Gasteiger partial charge in [0.1, 0.15) is 0 Å². The summed E-state index contributed by atoms with van der Waals surface area (Å²) in [4.78, 5) is 13.1. The van der Waals surface area contributed by atoms with Gasteiger partial charge in [-0.25, -0.2) is 0 Å². The van der Waals surface area contributed by atoms with Crippen molar-refractivity contribution in [2.75, 3.05) is 18.0 Å². The Morgan fingerprint density at radius 2 is 2.14 bits per heavy atom. The van der Waals surface area contributed by atoms with Crippen LogP contribution >= 0.6 is 15.9 Å². The highest BCUT2D eigenvalue weighted by molar-refractivity contribution is 9.10. The summed E-state index contributed by atoms with van der Waals surface area (Å²) >= 11 is 3.40. The van der Waals surface area contributed by atoms with E-state index in [1.54, 1.807) is 4.90 Å². The molecule has 1 rings (SSSR count). The van der Waals surface area contributed by atoms with E-state index in [0.29, 0.717) is 6.54 Å². The van der Waals surface area contributed by atoms with Gasteiger partial charge in [0.25, 0.3) is 0 Å². The number of rotatable bonds is 3. The van der Waals surface area contributed by atoms with E-state index in [-0.39, 0.29) is 12.5 Å². The van der Waals surface area contributed by atoms with E-state index < -0.39 is 0 Å². The monoisotopic (exact) mass is 256 g/mol. The minimum atomic E-state index is -0.0700. The van der Waals surface area contributed by atoms with Crippen molar-refractivity contribution in [3.63, 3.8) is 0 Å². The molecule has 1 aromatic carbocycles. The predicted molar refractivity (Wildman–Crippen MR) is 61.2 cm³/mol. The van der Waals surface area contributed by atoms with Crippen molar-refractivity contribution in [2.24, 2.45) is 5.73 Å². The van der Waals surface area contributed by atoms with Crippen molar-refractivity contribution < 1.29 is 4.79 Å². The number of likely N-dealkylation sites (N-methyl/N-ethyl adjacent to an activating group) is 1. The molecule has 0 aliphatic rings. The van der Waals surface area contributed by atoms with Gasteiger partial charge in [0.2, 0.25) is 5.91 Å². The van der Waals surface area contributed by atoms with Gasteiger partial charge in [-0.2, -0.15) is 0 Å². The molecule has 0 saturated carbocycles. The van der Waals surface area contributed by atoms with Gasteiger partial charge >= 0.3 is 0 Å². The lowest BCUT2D eigenvalue weighted by Gasteiger charge is -2.21. The first kappa shape index (κ1) is 11.2. The van der Waals surface area contributed by atoms with Gasteiger partial charge in [-0.05, 0) is 35.0 Å². The lowest BCUT2D eigenvalue weighted by molar-refractivity contribution is -0.117. The summed E-state index contributed by atoms with van der Waals surface area (Å²) in [6.07, 6.45) is 0. The summed E-state index contributed by atoms with van der Waals surface area (Å²) in [6, 6.07) is 7.60. The van der Waals surface area contributed by atoms with Gasteiger partial charge in [-0.15, -0.1) is 0 Å². The summed E-state index contributed by atoms with van der Waals surface area (Å²) in [5.41, 5.74) is 6.20. The molecular formula is C10H13BrN2O. The number of nitrogens with zero attached hydrogens (tertiary/aromatic N) is 1. The van der Waals surface area contributed by atoms with E-state index in [9.17, 15) is 4.79 Å². The van der Waals surface area contributed by atoms with Gasteiger partial charge in [-0.3, -0.25) is 4.79 Å². The average molecular weight is 257 g/mol. The van der Waals surface area contributed by atoms with Crippen LogP contribution in [0.2, 0.25) is 0 Å². The minimum absolute atomic E-state index is 0.0369. The molecule has 0 aliphatic carbocycles. The average Bonchev–Trinajstić information content (AvgIpc) is 2.21. The molecule has 76 valence electrons. The zero-order valence-electron chi connectivity index (χ0n) is 8.03. The topological polar surface area (TPSA) is 46.3 Å². The third-order valence-corrected chi connectivity index (χ3v) is 2.61. The fourth-order valence-corrected chi connectivity index (χ4v) is 1.76. The Kier molecular flexibility index (Phi) is 4.10. The SMILES string of the molecule is CCN(C(=O)CN)c1ccccc1Br. The maximum atomic E-state index is 11.5. The summed E-state index contributed by atoms with van der Waals surface area (Å²) in [5, 5.41) is 0. The number of nitrogens with two attached hydrogens (primary N) is 1. The Balaban J connectivity index is 3.01. The number of anilines is 1. The van der Waals surface area contributed by atoms with E-state index in [0.717, 1.165) is 10.2 Å². The highest BCUT2D eigenvalue weighted by Crippen LogP contribution is 2.25. The van der Waals surface area contributed by atoms with Crippen molar-refractivity contribution in [3.05, 3.63) is 28.7 Å². The van der Waals surface area contributed by atoms with E-state index in [1.807, 2.05) is 31.2 Å². The van der Waals surface area contributed by atoms with Gasteiger partial charge in [0.15, 0.2) is 0 Å². The number of amides is 1. The second-order valence-corrected chi connectivity index (χ2v) is 3.65. The molecule has 3 nitrogen and oxygen atoms in total. The second kappa shape index (κ2) is 5.12. The fraction of sp³-hybridized carbons (Fsp3) is 0.300. The van der Waals surface area contributed by atoms with Gasteiger partial charge in [-0.1, -0.05) is 12.1 Å². The molecule has 1 amide bonds. The van der Waals surface area contributed by atoms with Crippen LogP contribution in [0.5, 0.6) is 0 Å². The molecule has 2 N–H and O–H groups in total. The summed E-state index contributed by atoms with van der Waals surface area (Å²) in [7, 11) is 0. The number of carbonyl (C=O) groups excluding carboxylic acids is 1. The normalized spacial score (nSPS) is 9.93. The first-order valence-corrected chi connectivity index (χ1v) is 5.25. The van der Waals surface area contributed by atoms with E-state index in [2.05, 4.69) is 15.9 Å². The van der Waals surface area contributed by atoms with Gasteiger partial charge in [0, 0.05) is 11.0 Å². The first-order chi connectivity index (χ1) is 6.70. The number of carbonyl (C=O) groups is 1. The Hall–Kier alpha value is -0.870. The van der Waals surface area contributed by atoms with Crippen LogP contribution in [0.15, 0.2) is 28.7 Å². The largest absolute Gasteiger partial charge is 0.322 e. The lowest BCUT2D eigenvalue weighted by atomic mass is 10.3. The molecule has 0 fully saturated rings. The summed E-state index contributed by atoms with van der Waals surface area (Å²) in [6.45, 7) is 2.58. The number of para-hydroxylation sites is 1. The lowest BCUT2D eigenvalue weighted by Crippen LogP contribution is -2.36. The first-order valence-electron chi connectivity index (χ1n) is 4.45. The molecule has 1 aromatic rings. The van der Waals surface area contributed by atoms with Crippen LogP contribution < -0.4 is 10.6 Å². The Morgan fingerprint density at radius 1 is 1.50 bits per heavy atom. The van der Waals surface area contributed by atoms with E-state index >= 15 is 0 Å². The molecule has 0 heterocycles. The molecule has 4 heteroatoms. The fourth-order valence-electron chi connectivity index (χ4n) is 1.26. The number of benzene rings is 1. The van der Waals surface area contributed by atoms with Crippen LogP contribution in [0, 0.1) is 0 Å². The maximum Gasteiger partial charge on any atom is 0.240 e. The van der Waals surface area contributed by atoms with Gasteiger partial charge in [0.05, 0.1) is 12.2 Å². The van der Waals surface area contributed by atoms with Crippen molar-refractivity contribution in [3.8, 4) is 0 Å². The van der Waals surface area contributed by atoms with Crippen molar-refractivity contribution in [1.82, 2.24) is 0 Å². The van der Waals surface area contributed by atoms with Gasteiger partial charge < -0.3 is 10.6 Å². The molecule has 0 spiro atoms. The zero-order valence-corrected chi connectivity index (χ0v) is 9.62.